The number of halogens is 6. The summed E-state index contributed by atoms with van der Waals surface area (Å²) in [6.45, 7) is -2.27. The van der Waals surface area contributed by atoms with Gasteiger partial charge in [0.05, 0.1) is 11.4 Å². The van der Waals surface area contributed by atoms with E-state index in [1.165, 1.54) is 0 Å². The first-order valence-electron chi connectivity index (χ1n) is 7.12. The first-order valence-corrected chi connectivity index (χ1v) is 8.61. The molecule has 8 nitrogen and oxygen atoms in total. The van der Waals surface area contributed by atoms with Gasteiger partial charge in [0, 0.05) is 5.56 Å². The molecular formula is C13H10F6N4O4S. The van der Waals surface area contributed by atoms with Crippen LogP contribution in [0.1, 0.15) is 22.1 Å². The minimum Gasteiger partial charge on any atom is -0.343 e. The molecule has 1 aromatic carbocycles. The molecule has 1 amide bonds. The summed E-state index contributed by atoms with van der Waals surface area (Å²) in [5.41, 5.74) is -0.226. The van der Waals surface area contributed by atoms with Gasteiger partial charge in [0.25, 0.3) is 5.91 Å². The Morgan fingerprint density at radius 1 is 1.07 bits per heavy atom. The number of alkyl halides is 6. The summed E-state index contributed by atoms with van der Waals surface area (Å²) < 4.78 is 103. The van der Waals surface area contributed by atoms with E-state index in [1.807, 2.05) is 4.72 Å². The molecule has 0 radical (unpaired) electrons. The van der Waals surface area contributed by atoms with Crippen molar-refractivity contribution in [3.8, 4) is 0 Å². The van der Waals surface area contributed by atoms with Crippen LogP contribution in [0.5, 0.6) is 0 Å². The number of amides is 1. The molecular weight excluding hydrogens is 422 g/mol. The van der Waals surface area contributed by atoms with Crippen molar-refractivity contribution in [2.75, 3.05) is 6.54 Å². The molecule has 0 atom stereocenters. The van der Waals surface area contributed by atoms with Gasteiger partial charge in [0.1, 0.15) is 6.54 Å². The average molecular weight is 432 g/mol. The van der Waals surface area contributed by atoms with Gasteiger partial charge in [-0.05, 0) is 24.3 Å². The van der Waals surface area contributed by atoms with Crippen LogP contribution in [0.4, 0.5) is 26.3 Å². The fourth-order valence-corrected chi connectivity index (χ4v) is 2.73. The number of carbonyl (C=O) groups excluding carboxylic acids is 1. The smallest absolute Gasteiger partial charge is 0.343 e. The van der Waals surface area contributed by atoms with Crippen LogP contribution in [-0.2, 0) is 22.7 Å². The zero-order chi connectivity index (χ0) is 21.2. The molecule has 28 heavy (non-hydrogen) atoms. The Labute approximate surface area is 153 Å². The van der Waals surface area contributed by atoms with Gasteiger partial charge in [-0.3, -0.25) is 4.79 Å². The van der Waals surface area contributed by atoms with E-state index in [0.717, 1.165) is 24.3 Å². The summed E-state index contributed by atoms with van der Waals surface area (Å²) in [5.74, 6) is -3.28. The lowest BCUT2D eigenvalue weighted by Gasteiger charge is -2.09. The standard InChI is InChI=1S/C13H10F6N4O4S/c14-12(15,16)6-20-10(24)7-1-3-8(4-2-7)28(25,26)21-5-9-22-11(27-23-9)13(17,18)19/h1-4,21H,5-6H2,(H,20,24). The van der Waals surface area contributed by atoms with E-state index in [-0.39, 0.29) is 10.5 Å². The number of aromatic nitrogens is 2. The lowest BCUT2D eigenvalue weighted by atomic mass is 10.2. The van der Waals surface area contributed by atoms with Crippen LogP contribution in [-0.4, -0.2) is 37.2 Å². The molecule has 0 fully saturated rings. The van der Waals surface area contributed by atoms with Gasteiger partial charge in [-0.25, -0.2) is 13.1 Å². The molecule has 0 aliphatic carbocycles. The van der Waals surface area contributed by atoms with Gasteiger partial charge < -0.3 is 9.84 Å². The van der Waals surface area contributed by atoms with Gasteiger partial charge in [-0.15, -0.1) is 0 Å². The second kappa shape index (κ2) is 7.75. The van der Waals surface area contributed by atoms with E-state index >= 15 is 0 Å². The number of benzene rings is 1. The Morgan fingerprint density at radius 2 is 1.68 bits per heavy atom. The van der Waals surface area contributed by atoms with Crippen LogP contribution < -0.4 is 10.0 Å². The third-order valence-corrected chi connectivity index (χ3v) is 4.42. The van der Waals surface area contributed by atoms with Crippen LogP contribution >= 0.6 is 0 Å². The Bertz CT molecular complexity index is 937. The SMILES string of the molecule is O=C(NCC(F)(F)F)c1ccc(S(=O)(=O)NCc2noc(C(F)(F)F)n2)cc1. The topological polar surface area (TPSA) is 114 Å². The van der Waals surface area contributed by atoms with Crippen LogP contribution in [0.3, 0.4) is 0 Å². The van der Waals surface area contributed by atoms with Crippen molar-refractivity contribution >= 4 is 15.9 Å². The number of hydrogen-bond acceptors (Lipinski definition) is 6. The quantitative estimate of drug-likeness (QED) is 0.674. The van der Waals surface area contributed by atoms with E-state index in [1.54, 1.807) is 5.32 Å². The van der Waals surface area contributed by atoms with Gasteiger partial charge >= 0.3 is 18.2 Å². The Kier molecular flexibility index (Phi) is 5.98. The minimum atomic E-state index is -4.88. The fourth-order valence-electron chi connectivity index (χ4n) is 1.75. The lowest BCUT2D eigenvalue weighted by molar-refractivity contribution is -0.159. The van der Waals surface area contributed by atoms with E-state index in [0.29, 0.717) is 0 Å². The number of nitrogens with zero attached hydrogens (tertiary/aromatic N) is 2. The largest absolute Gasteiger partial charge is 0.471 e. The summed E-state index contributed by atoms with van der Waals surface area (Å²) in [6, 6.07) is 3.80. The van der Waals surface area contributed by atoms with Crippen molar-refractivity contribution in [3.05, 3.63) is 41.5 Å². The number of hydrogen-bond donors (Lipinski definition) is 2. The minimum absolute atomic E-state index is 0.226. The molecule has 0 bridgehead atoms. The molecule has 1 aromatic heterocycles. The summed E-state index contributed by atoms with van der Waals surface area (Å²) in [4.78, 5) is 14.1. The van der Waals surface area contributed by atoms with Crippen LogP contribution in [0.2, 0.25) is 0 Å². The molecule has 0 aliphatic rings. The zero-order valence-electron chi connectivity index (χ0n) is 13.4. The number of carbonyl (C=O) groups is 1. The maximum absolute atomic E-state index is 12.3. The summed E-state index contributed by atoms with van der Waals surface area (Å²) in [7, 11) is -4.23. The Morgan fingerprint density at radius 3 is 2.18 bits per heavy atom. The van der Waals surface area contributed by atoms with Gasteiger partial charge in [0.2, 0.25) is 10.0 Å². The first kappa shape index (κ1) is 21.6. The number of rotatable bonds is 6. The van der Waals surface area contributed by atoms with Crippen molar-refractivity contribution in [2.24, 2.45) is 0 Å². The van der Waals surface area contributed by atoms with E-state index < -0.39 is 53.1 Å². The predicted octanol–water partition coefficient (Wildman–Crippen LogP) is 1.86. The third kappa shape index (κ3) is 5.91. The predicted molar refractivity (Wildman–Crippen MR) is 78.2 cm³/mol. The molecule has 0 saturated heterocycles. The van der Waals surface area contributed by atoms with E-state index in [9.17, 15) is 39.6 Å². The monoisotopic (exact) mass is 432 g/mol. The molecule has 15 heteroatoms. The Hall–Kier alpha value is -2.68. The molecule has 2 aromatic rings. The highest BCUT2D eigenvalue weighted by Gasteiger charge is 2.38. The molecule has 0 aliphatic heterocycles. The highest BCUT2D eigenvalue weighted by molar-refractivity contribution is 7.89. The maximum atomic E-state index is 12.3. The maximum Gasteiger partial charge on any atom is 0.471 e. The van der Waals surface area contributed by atoms with Gasteiger partial charge in [0.15, 0.2) is 5.82 Å². The second-order valence-corrected chi connectivity index (χ2v) is 6.93. The first-order chi connectivity index (χ1) is 12.8. The van der Waals surface area contributed by atoms with Crippen molar-refractivity contribution in [2.45, 2.75) is 23.8 Å². The molecule has 1 heterocycles. The van der Waals surface area contributed by atoms with Crippen LogP contribution in [0.25, 0.3) is 0 Å². The summed E-state index contributed by atoms with van der Waals surface area (Å²) in [5, 5.41) is 4.59. The van der Waals surface area contributed by atoms with Crippen molar-refractivity contribution < 1.29 is 44.1 Å². The third-order valence-electron chi connectivity index (χ3n) is 3.01. The fraction of sp³-hybridized carbons (Fsp3) is 0.308. The van der Waals surface area contributed by atoms with Crippen LogP contribution in [0.15, 0.2) is 33.7 Å². The van der Waals surface area contributed by atoms with Crippen LogP contribution in [0, 0.1) is 0 Å². The van der Waals surface area contributed by atoms with Crippen molar-refractivity contribution in [1.82, 2.24) is 20.2 Å². The van der Waals surface area contributed by atoms with E-state index in [2.05, 4.69) is 14.7 Å². The summed E-state index contributed by atoms with van der Waals surface area (Å²) in [6.07, 6.45) is -9.49. The Balaban J connectivity index is 2.01. The molecule has 0 saturated carbocycles. The number of nitrogens with one attached hydrogen (secondary N) is 2. The molecule has 0 unspecified atom stereocenters. The molecule has 2 rings (SSSR count). The van der Waals surface area contributed by atoms with Gasteiger partial charge in [-0.1, -0.05) is 5.16 Å². The zero-order valence-corrected chi connectivity index (χ0v) is 14.2. The molecule has 154 valence electrons. The second-order valence-electron chi connectivity index (χ2n) is 5.16. The van der Waals surface area contributed by atoms with Gasteiger partial charge in [-0.2, -0.15) is 31.3 Å². The number of sulfonamides is 1. The summed E-state index contributed by atoms with van der Waals surface area (Å²) >= 11 is 0. The average Bonchev–Trinajstić information content (AvgIpc) is 3.07. The highest BCUT2D eigenvalue weighted by Crippen LogP contribution is 2.27. The lowest BCUT2D eigenvalue weighted by Crippen LogP contribution is -2.33. The van der Waals surface area contributed by atoms with Crippen molar-refractivity contribution in [3.63, 3.8) is 0 Å². The molecule has 2 N–H and O–H groups in total. The van der Waals surface area contributed by atoms with Crippen molar-refractivity contribution in [1.29, 1.82) is 0 Å². The highest BCUT2D eigenvalue weighted by atomic mass is 32.2. The molecule has 0 spiro atoms. The normalized spacial score (nSPS) is 12.8. The van der Waals surface area contributed by atoms with E-state index in [4.69, 9.17) is 0 Å².